The van der Waals surface area contributed by atoms with Crippen LogP contribution >= 0.6 is 0 Å². The SMILES string of the molecule is C=C(C)COc1ccccc1N=C(N)N=C(N)N. The molecule has 1 rings (SSSR count). The molecule has 1 aromatic carbocycles. The molecule has 6 heteroatoms. The van der Waals surface area contributed by atoms with Crippen LogP contribution in [0.2, 0.25) is 0 Å². The topological polar surface area (TPSA) is 112 Å². The molecule has 0 aliphatic rings. The van der Waals surface area contributed by atoms with Crippen molar-refractivity contribution >= 4 is 17.6 Å². The Morgan fingerprint density at radius 1 is 1.28 bits per heavy atom. The van der Waals surface area contributed by atoms with Crippen molar-refractivity contribution in [3.63, 3.8) is 0 Å². The molecule has 0 saturated heterocycles. The summed E-state index contributed by atoms with van der Waals surface area (Å²) in [6.45, 7) is 6.05. The van der Waals surface area contributed by atoms with E-state index in [1.165, 1.54) is 0 Å². The first-order valence-electron chi connectivity index (χ1n) is 5.29. The molecule has 0 atom stereocenters. The summed E-state index contributed by atoms with van der Waals surface area (Å²) >= 11 is 0. The number of nitrogens with zero attached hydrogens (tertiary/aromatic N) is 2. The first-order chi connectivity index (χ1) is 8.49. The van der Waals surface area contributed by atoms with Crippen molar-refractivity contribution < 1.29 is 4.74 Å². The van der Waals surface area contributed by atoms with Crippen LogP contribution in [-0.4, -0.2) is 18.5 Å². The monoisotopic (exact) mass is 247 g/mol. The highest BCUT2D eigenvalue weighted by atomic mass is 16.5. The number of ether oxygens (including phenoxy) is 1. The van der Waals surface area contributed by atoms with Gasteiger partial charge in [-0.3, -0.25) is 0 Å². The van der Waals surface area contributed by atoms with E-state index in [1.807, 2.05) is 19.1 Å². The van der Waals surface area contributed by atoms with E-state index in [2.05, 4.69) is 16.6 Å². The summed E-state index contributed by atoms with van der Waals surface area (Å²) < 4.78 is 5.53. The summed E-state index contributed by atoms with van der Waals surface area (Å²) in [5.41, 5.74) is 17.4. The van der Waals surface area contributed by atoms with Crippen LogP contribution in [0.4, 0.5) is 5.69 Å². The van der Waals surface area contributed by atoms with Crippen LogP contribution < -0.4 is 21.9 Å². The molecular weight excluding hydrogens is 230 g/mol. The largest absolute Gasteiger partial charge is 0.487 e. The van der Waals surface area contributed by atoms with Gasteiger partial charge in [-0.2, -0.15) is 4.99 Å². The Morgan fingerprint density at radius 2 is 1.94 bits per heavy atom. The fraction of sp³-hybridized carbons (Fsp3) is 0.167. The Hall–Kier alpha value is -2.50. The third kappa shape index (κ3) is 4.56. The van der Waals surface area contributed by atoms with Gasteiger partial charge < -0.3 is 21.9 Å². The van der Waals surface area contributed by atoms with Crippen molar-refractivity contribution in [1.82, 2.24) is 0 Å². The van der Waals surface area contributed by atoms with Gasteiger partial charge in [0.25, 0.3) is 0 Å². The van der Waals surface area contributed by atoms with Crippen molar-refractivity contribution in [1.29, 1.82) is 0 Å². The van der Waals surface area contributed by atoms with Crippen LogP contribution in [0, 0.1) is 0 Å². The van der Waals surface area contributed by atoms with Crippen LogP contribution in [0.1, 0.15) is 6.92 Å². The highest BCUT2D eigenvalue weighted by molar-refractivity contribution is 5.93. The molecule has 0 fully saturated rings. The quantitative estimate of drug-likeness (QED) is 0.416. The first kappa shape index (κ1) is 13.6. The maximum atomic E-state index is 5.56. The molecule has 0 aliphatic heterocycles. The molecule has 6 N–H and O–H groups in total. The standard InChI is InChI=1S/C12H17N5O/c1-8(2)7-18-10-6-4-3-5-9(10)16-12(15)17-11(13)14/h3-6H,1,7H2,2H3,(H6,13,14,15,16,17). The van der Waals surface area contributed by atoms with Gasteiger partial charge in [-0.25, -0.2) is 4.99 Å². The Balaban J connectivity index is 2.95. The molecule has 0 radical (unpaired) electrons. The smallest absolute Gasteiger partial charge is 0.223 e. The number of guanidine groups is 2. The van der Waals surface area contributed by atoms with Gasteiger partial charge in [0.05, 0.1) is 0 Å². The fourth-order valence-electron chi connectivity index (χ4n) is 1.15. The molecule has 0 spiro atoms. The molecule has 0 aromatic heterocycles. The summed E-state index contributed by atoms with van der Waals surface area (Å²) in [6.07, 6.45) is 0. The van der Waals surface area contributed by atoms with Crippen molar-refractivity contribution in [3.05, 3.63) is 36.4 Å². The molecule has 0 unspecified atom stereocenters. The Morgan fingerprint density at radius 3 is 2.56 bits per heavy atom. The van der Waals surface area contributed by atoms with E-state index in [-0.39, 0.29) is 11.9 Å². The minimum absolute atomic E-state index is 0.0265. The normalized spacial score (nSPS) is 10.8. The highest BCUT2D eigenvalue weighted by Gasteiger charge is 2.02. The van der Waals surface area contributed by atoms with E-state index in [0.717, 1.165) is 5.57 Å². The van der Waals surface area contributed by atoms with Crippen molar-refractivity contribution in [3.8, 4) is 5.75 Å². The minimum atomic E-state index is -0.142. The molecule has 1 aromatic rings. The number of benzene rings is 1. The van der Waals surface area contributed by atoms with Crippen LogP contribution in [0.15, 0.2) is 46.4 Å². The predicted molar refractivity (Wildman–Crippen MR) is 73.8 cm³/mol. The molecule has 0 amide bonds. The molecule has 6 nitrogen and oxygen atoms in total. The van der Waals surface area contributed by atoms with E-state index in [4.69, 9.17) is 21.9 Å². The maximum absolute atomic E-state index is 5.56. The average molecular weight is 247 g/mol. The average Bonchev–Trinajstić information content (AvgIpc) is 2.26. The Bertz CT molecular complexity index is 489. The van der Waals surface area contributed by atoms with Crippen LogP contribution in [-0.2, 0) is 0 Å². The van der Waals surface area contributed by atoms with Gasteiger partial charge in [0, 0.05) is 0 Å². The lowest BCUT2D eigenvalue weighted by molar-refractivity contribution is 0.354. The van der Waals surface area contributed by atoms with E-state index in [1.54, 1.807) is 12.1 Å². The zero-order valence-corrected chi connectivity index (χ0v) is 10.3. The number of hydrogen-bond acceptors (Lipinski definition) is 2. The zero-order chi connectivity index (χ0) is 13.5. The predicted octanol–water partition coefficient (Wildman–Crippen LogP) is 0.861. The molecule has 96 valence electrons. The van der Waals surface area contributed by atoms with Gasteiger partial charge in [-0.1, -0.05) is 18.7 Å². The van der Waals surface area contributed by atoms with Gasteiger partial charge in [-0.15, -0.1) is 0 Å². The number of para-hydroxylation sites is 2. The number of aliphatic imine (C=N–C) groups is 2. The van der Waals surface area contributed by atoms with Gasteiger partial charge in [0.1, 0.15) is 18.0 Å². The lowest BCUT2D eigenvalue weighted by Crippen LogP contribution is -2.26. The maximum Gasteiger partial charge on any atom is 0.223 e. The molecule has 0 bridgehead atoms. The summed E-state index contributed by atoms with van der Waals surface area (Å²) in [5, 5.41) is 0. The van der Waals surface area contributed by atoms with Crippen molar-refractivity contribution in [2.24, 2.45) is 27.2 Å². The van der Waals surface area contributed by atoms with Gasteiger partial charge >= 0.3 is 0 Å². The van der Waals surface area contributed by atoms with Crippen molar-refractivity contribution in [2.75, 3.05) is 6.61 Å². The summed E-state index contributed by atoms with van der Waals surface area (Å²) in [7, 11) is 0. The molecule has 0 saturated carbocycles. The van der Waals surface area contributed by atoms with E-state index < -0.39 is 0 Å². The Labute approximate surface area is 106 Å². The van der Waals surface area contributed by atoms with Gasteiger partial charge in [0.2, 0.25) is 5.96 Å². The first-order valence-corrected chi connectivity index (χ1v) is 5.29. The molecular formula is C12H17N5O. The van der Waals surface area contributed by atoms with Gasteiger partial charge in [0.15, 0.2) is 5.96 Å². The lowest BCUT2D eigenvalue weighted by atomic mass is 10.3. The highest BCUT2D eigenvalue weighted by Crippen LogP contribution is 2.27. The second-order valence-electron chi connectivity index (χ2n) is 3.72. The summed E-state index contributed by atoms with van der Waals surface area (Å²) in [5.74, 6) is 0.423. The van der Waals surface area contributed by atoms with Crippen LogP contribution in [0.3, 0.4) is 0 Å². The number of nitrogens with two attached hydrogens (primary N) is 3. The second-order valence-corrected chi connectivity index (χ2v) is 3.72. The minimum Gasteiger partial charge on any atom is -0.487 e. The number of hydrogen-bond donors (Lipinski definition) is 3. The zero-order valence-electron chi connectivity index (χ0n) is 10.3. The van der Waals surface area contributed by atoms with Crippen molar-refractivity contribution in [2.45, 2.75) is 6.92 Å². The van der Waals surface area contributed by atoms with E-state index in [9.17, 15) is 0 Å². The van der Waals surface area contributed by atoms with E-state index >= 15 is 0 Å². The molecule has 0 aliphatic carbocycles. The lowest BCUT2D eigenvalue weighted by Gasteiger charge is -2.08. The second kappa shape index (κ2) is 6.29. The Kier molecular flexibility index (Phi) is 4.74. The molecule has 18 heavy (non-hydrogen) atoms. The van der Waals surface area contributed by atoms with Gasteiger partial charge in [-0.05, 0) is 24.6 Å². The third-order valence-corrected chi connectivity index (χ3v) is 1.82. The van der Waals surface area contributed by atoms with E-state index in [0.29, 0.717) is 18.0 Å². The molecule has 0 heterocycles. The van der Waals surface area contributed by atoms with Crippen LogP contribution in [0.25, 0.3) is 0 Å². The third-order valence-electron chi connectivity index (χ3n) is 1.82. The fourth-order valence-corrected chi connectivity index (χ4v) is 1.15. The summed E-state index contributed by atoms with van der Waals surface area (Å²) in [4.78, 5) is 7.71. The summed E-state index contributed by atoms with van der Waals surface area (Å²) in [6, 6.07) is 7.19. The van der Waals surface area contributed by atoms with Crippen LogP contribution in [0.5, 0.6) is 5.75 Å². The number of rotatable bonds is 4.